The van der Waals surface area contributed by atoms with Crippen LogP contribution in [0.25, 0.3) is 0 Å². The Morgan fingerprint density at radius 1 is 1.29 bits per heavy atom. The quantitative estimate of drug-likeness (QED) is 0.859. The van der Waals surface area contributed by atoms with Gasteiger partial charge in [-0.05, 0) is 30.7 Å². The zero-order valence-electron chi connectivity index (χ0n) is 12.2. The number of rotatable bonds is 1. The molecule has 1 aromatic carbocycles. The van der Waals surface area contributed by atoms with Gasteiger partial charge in [0.2, 0.25) is 0 Å². The topological polar surface area (TPSA) is 43.6 Å². The van der Waals surface area contributed by atoms with E-state index in [0.29, 0.717) is 13.0 Å². The lowest BCUT2D eigenvalue weighted by atomic mass is 9.75. The van der Waals surface area contributed by atoms with Crippen LogP contribution in [0.15, 0.2) is 47.2 Å². The highest BCUT2D eigenvalue weighted by Crippen LogP contribution is 2.46. The van der Waals surface area contributed by atoms with E-state index in [0.717, 1.165) is 21.3 Å². The summed E-state index contributed by atoms with van der Waals surface area (Å²) in [5, 5.41) is 11.5. The highest BCUT2D eigenvalue weighted by atomic mass is 79.9. The summed E-state index contributed by atoms with van der Waals surface area (Å²) < 4.78 is 6.88. The van der Waals surface area contributed by atoms with Crippen LogP contribution < -0.4 is 9.72 Å². The van der Waals surface area contributed by atoms with Crippen LogP contribution in [0, 0.1) is 5.41 Å². The van der Waals surface area contributed by atoms with Crippen molar-refractivity contribution in [1.82, 2.24) is 0 Å². The van der Waals surface area contributed by atoms with Crippen LogP contribution in [0.2, 0.25) is 0 Å². The van der Waals surface area contributed by atoms with Gasteiger partial charge in [0.25, 0.3) is 0 Å². The third-order valence-electron chi connectivity index (χ3n) is 3.92. The minimum Gasteiger partial charge on any atom is -0.493 e. The number of benzene rings is 1. The number of fused-ring (bicyclic) bond motifs is 1. The van der Waals surface area contributed by atoms with Gasteiger partial charge in [-0.3, -0.25) is 0 Å². The number of pyridine rings is 1. The van der Waals surface area contributed by atoms with Crippen molar-refractivity contribution in [3.8, 4) is 5.75 Å². The van der Waals surface area contributed by atoms with E-state index in [-0.39, 0.29) is 5.41 Å². The summed E-state index contributed by atoms with van der Waals surface area (Å²) in [6.45, 7) is 4.82. The second-order valence-electron chi connectivity index (χ2n) is 6.42. The Kier molecular flexibility index (Phi) is 3.54. The molecule has 0 spiro atoms. The average molecular weight is 349 g/mol. The Bertz CT molecular complexity index is 657. The number of halogens is 1. The fourth-order valence-electron chi connectivity index (χ4n) is 2.97. The van der Waals surface area contributed by atoms with Crippen LogP contribution in [-0.2, 0) is 5.60 Å². The molecule has 2 aromatic rings. The first kappa shape index (κ1) is 14.5. The van der Waals surface area contributed by atoms with Crippen molar-refractivity contribution < 1.29 is 14.8 Å². The molecule has 1 aliphatic heterocycles. The largest absolute Gasteiger partial charge is 0.493 e. The monoisotopic (exact) mass is 348 g/mol. The van der Waals surface area contributed by atoms with Gasteiger partial charge in [0, 0.05) is 21.5 Å². The van der Waals surface area contributed by atoms with Crippen molar-refractivity contribution in [3.63, 3.8) is 0 Å². The van der Waals surface area contributed by atoms with E-state index in [9.17, 15) is 5.11 Å². The van der Waals surface area contributed by atoms with Gasteiger partial charge in [-0.15, -0.1) is 0 Å². The smallest absolute Gasteiger partial charge is 0.173 e. The summed E-state index contributed by atoms with van der Waals surface area (Å²) in [6.07, 6.45) is 4.29. The van der Waals surface area contributed by atoms with Crippen LogP contribution >= 0.6 is 15.9 Å². The number of aromatic nitrogens is 1. The number of H-pyrrole nitrogens is 1. The molecule has 1 aliphatic rings. The lowest BCUT2D eigenvalue weighted by molar-refractivity contribution is -0.379. The lowest BCUT2D eigenvalue weighted by Gasteiger charge is -2.32. The van der Waals surface area contributed by atoms with Crippen LogP contribution in [0.1, 0.15) is 31.4 Å². The highest BCUT2D eigenvalue weighted by Gasteiger charge is 2.43. The third kappa shape index (κ3) is 2.70. The molecular weight excluding hydrogens is 330 g/mol. The second kappa shape index (κ2) is 5.11. The Balaban J connectivity index is 2.23. The molecule has 0 saturated heterocycles. The predicted molar refractivity (Wildman–Crippen MR) is 84.0 cm³/mol. The van der Waals surface area contributed by atoms with Gasteiger partial charge in [0.05, 0.1) is 12.2 Å². The summed E-state index contributed by atoms with van der Waals surface area (Å²) in [4.78, 5) is 3.06. The molecule has 4 heteroatoms. The lowest BCUT2D eigenvalue weighted by Crippen LogP contribution is -2.34. The molecule has 0 bridgehead atoms. The van der Waals surface area contributed by atoms with Crippen molar-refractivity contribution in [2.45, 2.75) is 25.9 Å². The summed E-state index contributed by atoms with van der Waals surface area (Å²) in [5.74, 6) is 0.745. The maximum atomic E-state index is 11.5. The summed E-state index contributed by atoms with van der Waals surface area (Å²) in [5.41, 5.74) is 0.456. The van der Waals surface area contributed by atoms with E-state index in [1.165, 1.54) is 0 Å². The highest BCUT2D eigenvalue weighted by molar-refractivity contribution is 9.10. The van der Waals surface area contributed by atoms with Crippen LogP contribution in [0.5, 0.6) is 5.75 Å². The van der Waals surface area contributed by atoms with Crippen molar-refractivity contribution in [2.24, 2.45) is 5.41 Å². The normalized spacial score (nSPS) is 23.8. The minimum absolute atomic E-state index is 0.129. The summed E-state index contributed by atoms with van der Waals surface area (Å²) in [6, 6.07) is 9.66. The van der Waals surface area contributed by atoms with Gasteiger partial charge in [0.1, 0.15) is 11.4 Å². The van der Waals surface area contributed by atoms with Crippen molar-refractivity contribution >= 4 is 15.9 Å². The molecule has 3 rings (SSSR count). The average Bonchev–Trinajstić information content (AvgIpc) is 2.55. The summed E-state index contributed by atoms with van der Waals surface area (Å²) in [7, 11) is 0. The fraction of sp³-hybridized carbons (Fsp3) is 0.353. The molecule has 2 N–H and O–H groups in total. The molecule has 0 fully saturated rings. The molecular formula is C17H19BrNO2+. The molecule has 0 amide bonds. The van der Waals surface area contributed by atoms with E-state index in [2.05, 4.69) is 34.8 Å². The number of ether oxygens (including phenoxy) is 1. The van der Waals surface area contributed by atoms with E-state index in [4.69, 9.17) is 4.74 Å². The Hall–Kier alpha value is -1.39. The first-order valence-corrected chi connectivity index (χ1v) is 7.82. The van der Waals surface area contributed by atoms with Gasteiger partial charge < -0.3 is 9.84 Å². The predicted octanol–water partition coefficient (Wildman–Crippen LogP) is 3.31. The second-order valence-corrected chi connectivity index (χ2v) is 7.34. The zero-order chi connectivity index (χ0) is 15.1. The van der Waals surface area contributed by atoms with Gasteiger partial charge in [-0.25, -0.2) is 4.98 Å². The standard InChI is InChI=1S/C17H18BrNO2/c1-16(2)10-17(20,12-4-3-7-19-9-12)14-8-13(18)5-6-15(14)21-11-16/h3-9,20H,10-11H2,1-2H3/p+1. The molecule has 1 aromatic heterocycles. The van der Waals surface area contributed by atoms with E-state index in [1.54, 1.807) is 0 Å². The molecule has 1 unspecified atom stereocenters. The molecule has 1 atom stereocenters. The number of hydrogen-bond donors (Lipinski definition) is 1. The third-order valence-corrected chi connectivity index (χ3v) is 4.42. The molecule has 0 aliphatic carbocycles. The molecule has 21 heavy (non-hydrogen) atoms. The molecule has 2 heterocycles. The van der Waals surface area contributed by atoms with Crippen molar-refractivity contribution in [2.75, 3.05) is 6.61 Å². The molecule has 0 radical (unpaired) electrons. The van der Waals surface area contributed by atoms with E-state index in [1.807, 2.05) is 42.7 Å². The number of aromatic amines is 1. The molecule has 3 nitrogen and oxygen atoms in total. The fourth-order valence-corrected chi connectivity index (χ4v) is 3.33. The number of aliphatic hydroxyl groups is 1. The summed E-state index contributed by atoms with van der Waals surface area (Å²) >= 11 is 3.49. The maximum absolute atomic E-state index is 11.5. The van der Waals surface area contributed by atoms with Gasteiger partial charge >= 0.3 is 0 Å². The van der Waals surface area contributed by atoms with Crippen LogP contribution in [0.3, 0.4) is 0 Å². The minimum atomic E-state index is -1.07. The van der Waals surface area contributed by atoms with E-state index < -0.39 is 5.60 Å². The van der Waals surface area contributed by atoms with Crippen molar-refractivity contribution in [3.05, 3.63) is 58.3 Å². The first-order chi connectivity index (χ1) is 9.91. The Morgan fingerprint density at radius 2 is 2.10 bits per heavy atom. The number of nitrogens with one attached hydrogen (secondary N) is 1. The molecule has 110 valence electrons. The van der Waals surface area contributed by atoms with Crippen molar-refractivity contribution in [1.29, 1.82) is 0 Å². The van der Waals surface area contributed by atoms with Gasteiger partial charge in [-0.2, -0.15) is 0 Å². The van der Waals surface area contributed by atoms with Crippen LogP contribution in [0.4, 0.5) is 0 Å². The zero-order valence-corrected chi connectivity index (χ0v) is 13.8. The van der Waals surface area contributed by atoms with Gasteiger partial charge in [0.15, 0.2) is 12.4 Å². The Labute approximate surface area is 133 Å². The number of hydrogen-bond acceptors (Lipinski definition) is 2. The van der Waals surface area contributed by atoms with Gasteiger partial charge in [-0.1, -0.05) is 29.8 Å². The van der Waals surface area contributed by atoms with E-state index >= 15 is 0 Å². The first-order valence-electron chi connectivity index (χ1n) is 7.03. The van der Waals surface area contributed by atoms with Crippen LogP contribution in [-0.4, -0.2) is 11.7 Å². The Morgan fingerprint density at radius 3 is 2.81 bits per heavy atom. The maximum Gasteiger partial charge on any atom is 0.173 e. The SMILES string of the molecule is CC1(C)COc2ccc(Br)cc2C(O)(c2ccc[nH+]c2)C1. The molecule has 0 saturated carbocycles.